The fourth-order valence-corrected chi connectivity index (χ4v) is 6.27. The van der Waals surface area contributed by atoms with Crippen molar-refractivity contribution >= 4 is 28.8 Å². The van der Waals surface area contributed by atoms with Crippen molar-refractivity contribution in [1.29, 1.82) is 0 Å². The van der Waals surface area contributed by atoms with Gasteiger partial charge in [-0.3, -0.25) is 0 Å². The van der Waals surface area contributed by atoms with Crippen LogP contribution in [0, 0.1) is 0 Å². The van der Waals surface area contributed by atoms with Gasteiger partial charge >= 0.3 is 0 Å². The molecule has 0 amide bonds. The quantitative estimate of drug-likeness (QED) is 0.253. The molecule has 0 unspecified atom stereocenters. The van der Waals surface area contributed by atoms with Gasteiger partial charge in [-0.25, -0.2) is 0 Å². The van der Waals surface area contributed by atoms with Crippen molar-refractivity contribution in [3.05, 3.63) is 126 Å². The maximum atomic E-state index is 2.42. The highest BCUT2D eigenvalue weighted by atomic mass is 32.2. The molecule has 2 heteroatoms. The van der Waals surface area contributed by atoms with E-state index in [1.54, 1.807) is 0 Å². The van der Waals surface area contributed by atoms with Crippen LogP contribution in [-0.2, 0) is 6.42 Å². The smallest absolute Gasteiger partial charge is 0.0604 e. The normalized spacial score (nSPS) is 12.1. The molecule has 1 nitrogen and oxygen atoms in total. The molecule has 2 aliphatic rings. The highest BCUT2D eigenvalue weighted by Gasteiger charge is 2.26. The van der Waals surface area contributed by atoms with Gasteiger partial charge in [0.15, 0.2) is 0 Å². The van der Waals surface area contributed by atoms with Crippen molar-refractivity contribution < 1.29 is 0 Å². The molecule has 170 valence electrons. The van der Waals surface area contributed by atoms with Crippen LogP contribution in [0.3, 0.4) is 0 Å². The molecule has 0 fully saturated rings. The van der Waals surface area contributed by atoms with E-state index in [9.17, 15) is 0 Å². The fraction of sp³-hybridized carbons (Fsp3) is 0.0909. The third-order valence-electron chi connectivity index (χ3n) is 6.67. The largest absolute Gasteiger partial charge is 0.309 e. The van der Waals surface area contributed by atoms with E-state index in [-0.39, 0.29) is 0 Å². The number of nitrogens with zero attached hydrogens (tertiary/aromatic N) is 1. The molecule has 1 heterocycles. The third-order valence-corrected chi connectivity index (χ3v) is 7.96. The number of rotatable bonds is 3. The Kier molecular flexibility index (Phi) is 5.67. The molecule has 7 rings (SSSR count). The lowest BCUT2D eigenvalue weighted by atomic mass is 9.80. The number of para-hydroxylation sites is 1. The Hall–Kier alpha value is -3.75. The van der Waals surface area contributed by atoms with E-state index in [0.717, 1.165) is 6.42 Å². The van der Waals surface area contributed by atoms with Gasteiger partial charge in [-0.15, -0.1) is 0 Å². The molecule has 0 spiro atoms. The van der Waals surface area contributed by atoms with E-state index >= 15 is 0 Å². The summed E-state index contributed by atoms with van der Waals surface area (Å²) in [6.07, 6.45) is 0.979. The minimum Gasteiger partial charge on any atom is -0.309 e. The SMILES string of the molecule is CC.c1ccc(N(c2ccc3c(c2)-c2ccccc2-3)c2cccc3c2Sc2ccccc2C3)cc1. The van der Waals surface area contributed by atoms with Crippen LogP contribution in [0.5, 0.6) is 0 Å². The first-order chi connectivity index (χ1) is 17.4. The molecule has 0 N–H and O–H groups in total. The lowest BCUT2D eigenvalue weighted by molar-refractivity contribution is 1.04. The summed E-state index contributed by atoms with van der Waals surface area (Å²) in [5.74, 6) is 0. The number of benzene rings is 5. The Morgan fingerprint density at radius 2 is 1.20 bits per heavy atom. The Labute approximate surface area is 212 Å². The van der Waals surface area contributed by atoms with E-state index in [2.05, 4.69) is 120 Å². The molecule has 0 radical (unpaired) electrons. The maximum absolute atomic E-state index is 2.42. The second-order valence-electron chi connectivity index (χ2n) is 8.60. The van der Waals surface area contributed by atoms with Gasteiger partial charge in [0.2, 0.25) is 0 Å². The van der Waals surface area contributed by atoms with Gasteiger partial charge in [-0.1, -0.05) is 104 Å². The highest BCUT2D eigenvalue weighted by molar-refractivity contribution is 7.99. The summed E-state index contributed by atoms with van der Waals surface area (Å²) in [6, 6.07) is 41.9. The lowest BCUT2D eigenvalue weighted by Gasteiger charge is -2.32. The Bertz CT molecular complexity index is 1520. The molecule has 5 aromatic rings. The Morgan fingerprint density at radius 1 is 0.543 bits per heavy atom. The van der Waals surface area contributed by atoms with Crippen LogP contribution in [-0.4, -0.2) is 0 Å². The van der Waals surface area contributed by atoms with Gasteiger partial charge in [0.05, 0.1) is 5.69 Å². The van der Waals surface area contributed by atoms with Crippen LogP contribution in [0.2, 0.25) is 0 Å². The van der Waals surface area contributed by atoms with Gasteiger partial charge in [0.1, 0.15) is 0 Å². The standard InChI is InChI=1S/C31H21NS.C2H6/c1-2-11-23(12-3-1)32(24-17-18-27-25-13-5-6-14-26(25)28(27)20-24)29-15-8-10-22-19-21-9-4-7-16-30(21)33-31(22)29;1-2/h1-18,20H,19H2;1-2H3. The first-order valence-corrected chi connectivity index (χ1v) is 13.2. The van der Waals surface area contributed by atoms with Crippen molar-refractivity contribution in [2.45, 2.75) is 30.1 Å². The van der Waals surface area contributed by atoms with E-state index in [0.29, 0.717) is 0 Å². The number of hydrogen-bond donors (Lipinski definition) is 0. The highest BCUT2D eigenvalue weighted by Crippen LogP contribution is 2.52. The van der Waals surface area contributed by atoms with Crippen molar-refractivity contribution in [2.24, 2.45) is 0 Å². The number of hydrogen-bond acceptors (Lipinski definition) is 2. The minimum absolute atomic E-state index is 0.979. The second kappa shape index (κ2) is 9.13. The molecule has 0 saturated carbocycles. The van der Waals surface area contributed by atoms with E-state index in [4.69, 9.17) is 0 Å². The van der Waals surface area contributed by atoms with Gasteiger partial charge in [-0.05, 0) is 76.2 Å². The van der Waals surface area contributed by atoms with Crippen molar-refractivity contribution in [1.82, 2.24) is 0 Å². The zero-order valence-electron chi connectivity index (χ0n) is 20.0. The van der Waals surface area contributed by atoms with Gasteiger partial charge in [-0.2, -0.15) is 0 Å². The molecule has 0 bridgehead atoms. The molecule has 35 heavy (non-hydrogen) atoms. The number of anilines is 3. The van der Waals surface area contributed by atoms with Gasteiger partial charge in [0, 0.05) is 21.2 Å². The molecule has 0 atom stereocenters. The fourth-order valence-electron chi connectivity index (χ4n) is 5.09. The summed E-state index contributed by atoms with van der Waals surface area (Å²) in [6.45, 7) is 4.00. The molecular weight excluding hydrogens is 442 g/mol. The minimum atomic E-state index is 0.979. The summed E-state index contributed by atoms with van der Waals surface area (Å²) in [5, 5.41) is 0. The van der Waals surface area contributed by atoms with Crippen molar-refractivity contribution in [3.8, 4) is 22.3 Å². The van der Waals surface area contributed by atoms with E-state index in [1.165, 1.54) is 60.2 Å². The maximum Gasteiger partial charge on any atom is 0.0604 e. The Balaban J connectivity index is 0.00000112. The van der Waals surface area contributed by atoms with Crippen LogP contribution in [0.15, 0.2) is 125 Å². The molecular formula is C33H27NS. The summed E-state index contributed by atoms with van der Waals surface area (Å²) in [4.78, 5) is 5.13. The molecule has 1 aliphatic heterocycles. The number of fused-ring (bicyclic) bond motifs is 6. The summed E-state index contributed by atoms with van der Waals surface area (Å²) >= 11 is 1.90. The molecule has 0 saturated heterocycles. The van der Waals surface area contributed by atoms with Crippen molar-refractivity contribution in [3.63, 3.8) is 0 Å². The van der Waals surface area contributed by atoms with Crippen LogP contribution in [0.1, 0.15) is 25.0 Å². The molecule has 1 aliphatic carbocycles. The zero-order chi connectivity index (χ0) is 23.8. The summed E-state index contributed by atoms with van der Waals surface area (Å²) < 4.78 is 0. The second-order valence-corrected chi connectivity index (χ2v) is 9.65. The Morgan fingerprint density at radius 3 is 2.03 bits per heavy atom. The third kappa shape index (κ3) is 3.66. The molecule has 0 aromatic heterocycles. The molecule has 5 aromatic carbocycles. The van der Waals surface area contributed by atoms with Crippen LogP contribution >= 0.6 is 11.8 Å². The van der Waals surface area contributed by atoms with Gasteiger partial charge in [0.25, 0.3) is 0 Å². The van der Waals surface area contributed by atoms with E-state index < -0.39 is 0 Å². The predicted octanol–water partition coefficient (Wildman–Crippen LogP) is 9.89. The first kappa shape index (κ1) is 21.8. The topological polar surface area (TPSA) is 3.24 Å². The summed E-state index contributed by atoms with van der Waals surface area (Å²) in [7, 11) is 0. The van der Waals surface area contributed by atoms with Crippen LogP contribution in [0.4, 0.5) is 17.1 Å². The zero-order valence-corrected chi connectivity index (χ0v) is 20.8. The first-order valence-electron chi connectivity index (χ1n) is 12.3. The van der Waals surface area contributed by atoms with E-state index in [1.807, 2.05) is 25.6 Å². The average molecular weight is 470 g/mol. The predicted molar refractivity (Wildman–Crippen MR) is 150 cm³/mol. The lowest BCUT2D eigenvalue weighted by Crippen LogP contribution is -2.14. The van der Waals surface area contributed by atoms with Crippen molar-refractivity contribution in [2.75, 3.05) is 4.90 Å². The van der Waals surface area contributed by atoms with Crippen LogP contribution in [0.25, 0.3) is 22.3 Å². The summed E-state index contributed by atoms with van der Waals surface area (Å²) in [5.41, 5.74) is 11.8. The average Bonchev–Trinajstić information content (AvgIpc) is 2.93. The van der Waals surface area contributed by atoms with Crippen LogP contribution < -0.4 is 4.90 Å². The monoisotopic (exact) mass is 469 g/mol. The van der Waals surface area contributed by atoms with Gasteiger partial charge < -0.3 is 4.90 Å².